The zero-order chi connectivity index (χ0) is 16.5. The van der Waals surface area contributed by atoms with Crippen molar-refractivity contribution >= 4 is 21.4 Å². The van der Waals surface area contributed by atoms with Crippen molar-refractivity contribution in [2.45, 2.75) is 0 Å². The van der Waals surface area contributed by atoms with Gasteiger partial charge in [-0.15, -0.1) is 0 Å². The Morgan fingerprint density at radius 2 is 1.67 bits per heavy atom. The molecule has 0 radical (unpaired) electrons. The zero-order valence-electron chi connectivity index (χ0n) is 12.6. The highest BCUT2D eigenvalue weighted by atomic mass is 79.9. The molecule has 2 aromatic heterocycles. The van der Waals surface area contributed by atoms with Crippen LogP contribution in [0.1, 0.15) is 5.56 Å². The van der Waals surface area contributed by atoms with Crippen molar-refractivity contribution in [3.8, 4) is 28.5 Å². The number of halogens is 1. The first-order chi connectivity index (χ1) is 11.8. The van der Waals surface area contributed by atoms with E-state index in [2.05, 4.69) is 27.1 Å². The average molecular weight is 374 g/mol. The molecule has 0 N–H and O–H groups in total. The van der Waals surface area contributed by atoms with Crippen LogP contribution in [-0.4, -0.2) is 9.61 Å². The summed E-state index contributed by atoms with van der Waals surface area (Å²) in [7, 11) is 0. The van der Waals surface area contributed by atoms with Crippen LogP contribution >= 0.6 is 15.9 Å². The van der Waals surface area contributed by atoms with Crippen molar-refractivity contribution in [2.75, 3.05) is 0 Å². The van der Waals surface area contributed by atoms with E-state index in [4.69, 9.17) is 0 Å². The molecule has 114 valence electrons. The summed E-state index contributed by atoms with van der Waals surface area (Å²) in [6.07, 6.45) is 1.84. The molecule has 0 amide bonds. The molecular weight excluding hydrogens is 362 g/mol. The highest BCUT2D eigenvalue weighted by Crippen LogP contribution is 2.31. The van der Waals surface area contributed by atoms with Gasteiger partial charge in [0.05, 0.1) is 22.8 Å². The normalized spacial score (nSPS) is 10.7. The molecular formula is C20H12BrN3. The average Bonchev–Trinajstić information content (AvgIpc) is 3.06. The molecule has 3 nitrogen and oxygen atoms in total. The number of hydrogen-bond donors (Lipinski definition) is 0. The monoisotopic (exact) mass is 373 g/mol. The van der Waals surface area contributed by atoms with Crippen molar-refractivity contribution in [1.29, 1.82) is 5.26 Å². The fourth-order valence-electron chi connectivity index (χ4n) is 2.82. The zero-order valence-corrected chi connectivity index (χ0v) is 14.2. The van der Waals surface area contributed by atoms with E-state index in [-0.39, 0.29) is 0 Å². The van der Waals surface area contributed by atoms with E-state index in [9.17, 15) is 5.26 Å². The van der Waals surface area contributed by atoms with E-state index >= 15 is 0 Å². The fourth-order valence-corrected chi connectivity index (χ4v) is 3.09. The SMILES string of the molecule is N#Cc1ccn2nc(-c3ccc(Br)cc3)cc2c1-c1ccccc1. The van der Waals surface area contributed by atoms with E-state index in [0.717, 1.165) is 32.4 Å². The second kappa shape index (κ2) is 5.95. The predicted molar refractivity (Wildman–Crippen MR) is 98.5 cm³/mol. The van der Waals surface area contributed by atoms with Crippen LogP contribution in [0, 0.1) is 11.3 Å². The first kappa shape index (κ1) is 14.7. The third-order valence-electron chi connectivity index (χ3n) is 3.97. The molecule has 4 heteroatoms. The largest absolute Gasteiger partial charge is 0.240 e. The maximum Gasteiger partial charge on any atom is 0.0999 e. The van der Waals surface area contributed by atoms with Crippen LogP contribution in [0.15, 0.2) is 77.4 Å². The lowest BCUT2D eigenvalue weighted by atomic mass is 10.00. The molecule has 0 atom stereocenters. The van der Waals surface area contributed by atoms with Gasteiger partial charge in [-0.05, 0) is 29.8 Å². The van der Waals surface area contributed by atoms with E-state index in [1.54, 1.807) is 0 Å². The van der Waals surface area contributed by atoms with Crippen LogP contribution in [0.3, 0.4) is 0 Å². The highest BCUT2D eigenvalue weighted by Gasteiger charge is 2.13. The Labute approximate surface area is 147 Å². The van der Waals surface area contributed by atoms with Gasteiger partial charge in [-0.3, -0.25) is 0 Å². The number of rotatable bonds is 2. The number of hydrogen-bond acceptors (Lipinski definition) is 2. The van der Waals surface area contributed by atoms with Crippen LogP contribution in [0.25, 0.3) is 27.9 Å². The van der Waals surface area contributed by atoms with Gasteiger partial charge in [-0.25, -0.2) is 4.52 Å². The molecule has 0 bridgehead atoms. The van der Waals surface area contributed by atoms with Crippen LogP contribution in [0.2, 0.25) is 0 Å². The molecule has 0 saturated carbocycles. The molecule has 2 heterocycles. The van der Waals surface area contributed by atoms with Gasteiger partial charge in [-0.2, -0.15) is 10.4 Å². The van der Waals surface area contributed by atoms with Crippen molar-refractivity contribution in [3.63, 3.8) is 0 Å². The van der Waals surface area contributed by atoms with Crippen LogP contribution in [0.4, 0.5) is 0 Å². The van der Waals surface area contributed by atoms with Crippen LogP contribution < -0.4 is 0 Å². The molecule has 0 aliphatic rings. The fraction of sp³-hybridized carbons (Fsp3) is 0. The minimum atomic E-state index is 0.649. The summed E-state index contributed by atoms with van der Waals surface area (Å²) in [5.41, 5.74) is 5.43. The van der Waals surface area contributed by atoms with Gasteiger partial charge in [0, 0.05) is 21.8 Å². The second-order valence-corrected chi connectivity index (χ2v) is 6.36. The van der Waals surface area contributed by atoms with Crippen LogP contribution in [0.5, 0.6) is 0 Å². The molecule has 2 aromatic carbocycles. The van der Waals surface area contributed by atoms with Crippen LogP contribution in [-0.2, 0) is 0 Å². The Morgan fingerprint density at radius 3 is 2.38 bits per heavy atom. The summed E-state index contributed by atoms with van der Waals surface area (Å²) in [6, 6.07) is 24.2. The quantitative estimate of drug-likeness (QED) is 0.478. The van der Waals surface area contributed by atoms with Crippen molar-refractivity contribution in [2.24, 2.45) is 0 Å². The first-order valence-electron chi connectivity index (χ1n) is 7.50. The van der Waals surface area contributed by atoms with Gasteiger partial charge < -0.3 is 0 Å². The summed E-state index contributed by atoms with van der Waals surface area (Å²) in [6.45, 7) is 0. The number of nitrogens with zero attached hydrogens (tertiary/aromatic N) is 3. The van der Waals surface area contributed by atoms with Crippen molar-refractivity contribution in [3.05, 3.63) is 83.0 Å². The minimum Gasteiger partial charge on any atom is -0.240 e. The summed E-state index contributed by atoms with van der Waals surface area (Å²) in [5.74, 6) is 0. The summed E-state index contributed by atoms with van der Waals surface area (Å²) >= 11 is 3.45. The molecule has 0 aliphatic carbocycles. The summed E-state index contributed by atoms with van der Waals surface area (Å²) in [4.78, 5) is 0. The standard InChI is InChI=1S/C20H12BrN3/c21-17-8-6-14(7-9-17)18-12-19-20(15-4-2-1-3-5-15)16(13-22)10-11-24(19)23-18/h1-12H. The summed E-state index contributed by atoms with van der Waals surface area (Å²) < 4.78 is 2.87. The molecule has 0 spiro atoms. The molecule has 0 unspecified atom stereocenters. The smallest absolute Gasteiger partial charge is 0.0999 e. The van der Waals surface area contributed by atoms with Gasteiger partial charge in [0.15, 0.2) is 0 Å². The molecule has 0 aliphatic heterocycles. The number of benzene rings is 2. The van der Waals surface area contributed by atoms with Gasteiger partial charge in [0.2, 0.25) is 0 Å². The summed E-state index contributed by atoms with van der Waals surface area (Å²) in [5, 5.41) is 14.2. The second-order valence-electron chi connectivity index (χ2n) is 5.45. The molecule has 4 rings (SSSR count). The van der Waals surface area contributed by atoms with Crippen molar-refractivity contribution < 1.29 is 0 Å². The Morgan fingerprint density at radius 1 is 0.917 bits per heavy atom. The third-order valence-corrected chi connectivity index (χ3v) is 4.50. The van der Waals surface area contributed by atoms with Gasteiger partial charge in [0.1, 0.15) is 0 Å². The number of nitriles is 1. The van der Waals surface area contributed by atoms with Crippen molar-refractivity contribution in [1.82, 2.24) is 9.61 Å². The number of aromatic nitrogens is 2. The molecule has 0 saturated heterocycles. The molecule has 24 heavy (non-hydrogen) atoms. The lowest BCUT2D eigenvalue weighted by Crippen LogP contribution is -1.93. The van der Waals surface area contributed by atoms with E-state index in [0.29, 0.717) is 5.56 Å². The predicted octanol–water partition coefficient (Wildman–Crippen LogP) is 5.30. The lowest BCUT2D eigenvalue weighted by Gasteiger charge is -2.06. The Bertz CT molecular complexity index is 1060. The Kier molecular flexibility index (Phi) is 3.64. The van der Waals surface area contributed by atoms with E-state index in [1.807, 2.05) is 77.4 Å². The van der Waals surface area contributed by atoms with E-state index in [1.165, 1.54) is 0 Å². The number of fused-ring (bicyclic) bond motifs is 1. The maximum atomic E-state index is 9.51. The lowest BCUT2D eigenvalue weighted by molar-refractivity contribution is 0.965. The Balaban J connectivity index is 1.97. The highest BCUT2D eigenvalue weighted by molar-refractivity contribution is 9.10. The Hall–Kier alpha value is -2.90. The molecule has 0 fully saturated rings. The van der Waals surface area contributed by atoms with Gasteiger partial charge >= 0.3 is 0 Å². The van der Waals surface area contributed by atoms with E-state index < -0.39 is 0 Å². The third kappa shape index (κ3) is 2.49. The van der Waals surface area contributed by atoms with Gasteiger partial charge in [-0.1, -0.05) is 58.4 Å². The first-order valence-corrected chi connectivity index (χ1v) is 8.29. The number of pyridine rings is 1. The molecule has 4 aromatic rings. The minimum absolute atomic E-state index is 0.649. The maximum absolute atomic E-state index is 9.51. The topological polar surface area (TPSA) is 41.1 Å². The van der Waals surface area contributed by atoms with Gasteiger partial charge in [0.25, 0.3) is 0 Å².